The van der Waals surface area contributed by atoms with Gasteiger partial charge in [0.2, 0.25) is 0 Å². The normalized spacial score (nSPS) is 24.0. The summed E-state index contributed by atoms with van der Waals surface area (Å²) in [6.07, 6.45) is 1.46. The van der Waals surface area contributed by atoms with Gasteiger partial charge in [0.15, 0.2) is 0 Å². The molecule has 1 heterocycles. The lowest BCUT2D eigenvalue weighted by atomic mass is 9.81. The smallest absolute Gasteiger partial charge is 0.313 e. The molecule has 1 aliphatic heterocycles. The largest absolute Gasteiger partial charge is 0.481 e. The molecule has 0 radical (unpaired) electrons. The van der Waals surface area contributed by atoms with Gasteiger partial charge in [0.05, 0.1) is 6.61 Å². The standard InChI is InChI=1S/C16H22ClNO3/c1-12(13-5-3-6-14(17)9-13)18(2)10-16(15(19)20)7-4-8-21-11-16/h3,5-6,9,12H,4,7-8,10-11H2,1-2H3,(H,19,20). The fourth-order valence-corrected chi connectivity index (χ4v) is 3.05. The van der Waals surface area contributed by atoms with Crippen molar-refractivity contribution in [3.63, 3.8) is 0 Å². The van der Waals surface area contributed by atoms with Gasteiger partial charge < -0.3 is 9.84 Å². The van der Waals surface area contributed by atoms with E-state index < -0.39 is 11.4 Å². The van der Waals surface area contributed by atoms with Crippen LogP contribution in [-0.4, -0.2) is 42.8 Å². The summed E-state index contributed by atoms with van der Waals surface area (Å²) >= 11 is 6.03. The number of nitrogens with zero attached hydrogens (tertiary/aromatic N) is 1. The van der Waals surface area contributed by atoms with E-state index in [1.807, 2.05) is 31.3 Å². The highest BCUT2D eigenvalue weighted by atomic mass is 35.5. The minimum Gasteiger partial charge on any atom is -0.481 e. The molecule has 1 fully saturated rings. The molecule has 0 aliphatic carbocycles. The molecule has 1 aliphatic rings. The maximum absolute atomic E-state index is 11.7. The van der Waals surface area contributed by atoms with E-state index in [0.29, 0.717) is 24.6 Å². The SMILES string of the molecule is CC(c1cccc(Cl)c1)N(C)CC1(C(=O)O)CCCOC1. The molecular formula is C16H22ClNO3. The molecule has 0 amide bonds. The summed E-state index contributed by atoms with van der Waals surface area (Å²) in [4.78, 5) is 13.8. The van der Waals surface area contributed by atoms with E-state index in [1.165, 1.54) is 0 Å². The van der Waals surface area contributed by atoms with Crippen molar-refractivity contribution in [1.82, 2.24) is 4.90 Å². The van der Waals surface area contributed by atoms with Gasteiger partial charge in [0, 0.05) is 24.2 Å². The monoisotopic (exact) mass is 311 g/mol. The summed E-state index contributed by atoms with van der Waals surface area (Å²) in [6, 6.07) is 7.79. The van der Waals surface area contributed by atoms with Crippen LogP contribution in [0.1, 0.15) is 31.4 Å². The Hall–Kier alpha value is -1.10. The van der Waals surface area contributed by atoms with Crippen molar-refractivity contribution in [3.8, 4) is 0 Å². The highest BCUT2D eigenvalue weighted by molar-refractivity contribution is 6.30. The van der Waals surface area contributed by atoms with Crippen molar-refractivity contribution in [3.05, 3.63) is 34.9 Å². The average molecular weight is 312 g/mol. The first-order valence-corrected chi connectivity index (χ1v) is 7.59. The van der Waals surface area contributed by atoms with Crippen molar-refractivity contribution >= 4 is 17.6 Å². The van der Waals surface area contributed by atoms with Crippen molar-refractivity contribution in [2.45, 2.75) is 25.8 Å². The Morgan fingerprint density at radius 1 is 1.57 bits per heavy atom. The van der Waals surface area contributed by atoms with Crippen LogP contribution in [0.25, 0.3) is 0 Å². The van der Waals surface area contributed by atoms with Gasteiger partial charge in [-0.2, -0.15) is 0 Å². The van der Waals surface area contributed by atoms with Crippen LogP contribution in [0.4, 0.5) is 0 Å². The molecule has 4 nitrogen and oxygen atoms in total. The number of rotatable bonds is 5. The third-order valence-electron chi connectivity index (χ3n) is 4.32. The fraction of sp³-hybridized carbons (Fsp3) is 0.562. The summed E-state index contributed by atoms with van der Waals surface area (Å²) in [5.74, 6) is -0.771. The van der Waals surface area contributed by atoms with Crippen molar-refractivity contribution in [2.75, 3.05) is 26.8 Å². The number of benzene rings is 1. The zero-order chi connectivity index (χ0) is 15.5. The molecule has 2 atom stereocenters. The summed E-state index contributed by atoms with van der Waals surface area (Å²) in [5.41, 5.74) is 0.280. The van der Waals surface area contributed by atoms with E-state index in [1.54, 1.807) is 0 Å². The Labute approximate surface area is 130 Å². The number of hydrogen-bond donors (Lipinski definition) is 1. The summed E-state index contributed by atoms with van der Waals surface area (Å²) in [6.45, 7) is 3.47. The molecule has 0 bridgehead atoms. The quantitative estimate of drug-likeness (QED) is 0.907. The topological polar surface area (TPSA) is 49.8 Å². The Bertz CT molecular complexity index is 500. The van der Waals surface area contributed by atoms with E-state index >= 15 is 0 Å². The molecule has 1 aromatic carbocycles. The second-order valence-electron chi connectivity index (χ2n) is 5.89. The zero-order valence-corrected chi connectivity index (χ0v) is 13.3. The number of halogens is 1. The van der Waals surface area contributed by atoms with Gasteiger partial charge in [-0.1, -0.05) is 23.7 Å². The number of carbonyl (C=O) groups is 1. The Balaban J connectivity index is 2.11. The first-order chi connectivity index (χ1) is 9.94. The van der Waals surface area contributed by atoms with Gasteiger partial charge in [-0.3, -0.25) is 9.69 Å². The van der Waals surface area contributed by atoms with Crippen LogP contribution in [0.3, 0.4) is 0 Å². The lowest BCUT2D eigenvalue weighted by Gasteiger charge is -2.38. The molecular weight excluding hydrogens is 290 g/mol. The highest BCUT2D eigenvalue weighted by Crippen LogP contribution is 2.32. The van der Waals surface area contributed by atoms with Crippen molar-refractivity contribution in [2.24, 2.45) is 5.41 Å². The highest BCUT2D eigenvalue weighted by Gasteiger charge is 2.42. The number of carboxylic acids is 1. The van der Waals surface area contributed by atoms with Gasteiger partial charge in [-0.05, 0) is 44.5 Å². The minimum atomic E-state index is -0.806. The number of hydrogen-bond acceptors (Lipinski definition) is 3. The van der Waals surface area contributed by atoms with Crippen LogP contribution in [-0.2, 0) is 9.53 Å². The third-order valence-corrected chi connectivity index (χ3v) is 4.56. The van der Waals surface area contributed by atoms with Gasteiger partial charge in [-0.25, -0.2) is 0 Å². The lowest BCUT2D eigenvalue weighted by molar-refractivity contribution is -0.159. The molecule has 1 N–H and O–H groups in total. The van der Waals surface area contributed by atoms with E-state index in [2.05, 4.69) is 11.8 Å². The molecule has 21 heavy (non-hydrogen) atoms. The molecule has 2 unspecified atom stereocenters. The second-order valence-corrected chi connectivity index (χ2v) is 6.32. The Kier molecular flexibility index (Phi) is 5.25. The summed E-state index contributed by atoms with van der Waals surface area (Å²) in [5, 5.41) is 10.3. The zero-order valence-electron chi connectivity index (χ0n) is 12.5. The van der Waals surface area contributed by atoms with Crippen LogP contribution < -0.4 is 0 Å². The molecule has 5 heteroatoms. The molecule has 0 aromatic heterocycles. The summed E-state index contributed by atoms with van der Waals surface area (Å²) < 4.78 is 5.42. The van der Waals surface area contributed by atoms with E-state index in [9.17, 15) is 9.90 Å². The maximum atomic E-state index is 11.7. The number of ether oxygens (including phenoxy) is 1. The van der Waals surface area contributed by atoms with Gasteiger partial charge in [0.1, 0.15) is 5.41 Å². The predicted octanol–water partition coefficient (Wildman–Crippen LogP) is 3.21. The van der Waals surface area contributed by atoms with E-state index in [-0.39, 0.29) is 12.6 Å². The Morgan fingerprint density at radius 3 is 2.90 bits per heavy atom. The molecule has 1 saturated heterocycles. The lowest BCUT2D eigenvalue weighted by Crippen LogP contribution is -2.47. The van der Waals surface area contributed by atoms with Crippen LogP contribution in [0.15, 0.2) is 24.3 Å². The van der Waals surface area contributed by atoms with Gasteiger partial charge >= 0.3 is 5.97 Å². The van der Waals surface area contributed by atoms with E-state index in [4.69, 9.17) is 16.3 Å². The van der Waals surface area contributed by atoms with Crippen molar-refractivity contribution in [1.29, 1.82) is 0 Å². The van der Waals surface area contributed by atoms with Gasteiger partial charge in [0.25, 0.3) is 0 Å². The minimum absolute atomic E-state index is 0.0989. The summed E-state index contributed by atoms with van der Waals surface area (Å²) in [7, 11) is 1.95. The van der Waals surface area contributed by atoms with E-state index in [0.717, 1.165) is 12.0 Å². The molecule has 0 saturated carbocycles. The van der Waals surface area contributed by atoms with Crippen LogP contribution in [0, 0.1) is 5.41 Å². The van der Waals surface area contributed by atoms with Crippen LogP contribution in [0.2, 0.25) is 5.02 Å². The van der Waals surface area contributed by atoms with Crippen molar-refractivity contribution < 1.29 is 14.6 Å². The molecule has 2 rings (SSSR count). The first kappa shape index (κ1) is 16.3. The molecule has 116 valence electrons. The predicted molar refractivity (Wildman–Crippen MR) is 82.6 cm³/mol. The molecule has 1 aromatic rings. The Morgan fingerprint density at radius 2 is 2.33 bits per heavy atom. The van der Waals surface area contributed by atoms with Crippen LogP contribution in [0.5, 0.6) is 0 Å². The third kappa shape index (κ3) is 3.76. The molecule has 0 spiro atoms. The fourth-order valence-electron chi connectivity index (χ4n) is 2.85. The second kappa shape index (κ2) is 6.77. The number of aliphatic carboxylic acids is 1. The number of carboxylic acid groups (broad SMARTS) is 1. The van der Waals surface area contributed by atoms with Crippen LogP contribution >= 0.6 is 11.6 Å². The first-order valence-electron chi connectivity index (χ1n) is 7.21. The average Bonchev–Trinajstić information content (AvgIpc) is 2.47. The maximum Gasteiger partial charge on any atom is 0.313 e. The van der Waals surface area contributed by atoms with Gasteiger partial charge in [-0.15, -0.1) is 0 Å².